The fraction of sp³-hybridized carbons (Fsp3) is 0.333. The lowest BCUT2D eigenvalue weighted by molar-refractivity contribution is -0.143. The number of aromatic nitrogens is 1. The molecule has 1 aromatic carbocycles. The van der Waals surface area contributed by atoms with E-state index in [2.05, 4.69) is 16.0 Å². The fourth-order valence-corrected chi connectivity index (χ4v) is 2.60. The number of para-hydroxylation sites is 1. The molecular formula is C15H16N2O2. The van der Waals surface area contributed by atoms with Crippen molar-refractivity contribution in [3.05, 3.63) is 35.5 Å². The van der Waals surface area contributed by atoms with Crippen molar-refractivity contribution in [3.63, 3.8) is 0 Å². The standard InChI is InChI=1S/C15H16N2O2/c1-2-19-15(18)12-9-16-8-7-11-10-5-3-4-6-13(10)17-14(11)12/h3-6,9,12,17H,2,7-8H2,1H3. The summed E-state index contributed by atoms with van der Waals surface area (Å²) in [5.41, 5.74) is 3.18. The maximum atomic E-state index is 12.1. The molecule has 4 heteroatoms. The monoisotopic (exact) mass is 256 g/mol. The zero-order chi connectivity index (χ0) is 13.2. The average molecular weight is 256 g/mol. The van der Waals surface area contributed by atoms with Crippen LogP contribution in [0.4, 0.5) is 0 Å². The summed E-state index contributed by atoms with van der Waals surface area (Å²) in [5.74, 6) is -0.647. The quantitative estimate of drug-likeness (QED) is 0.839. The van der Waals surface area contributed by atoms with Crippen molar-refractivity contribution < 1.29 is 9.53 Å². The van der Waals surface area contributed by atoms with Gasteiger partial charge in [-0.15, -0.1) is 0 Å². The van der Waals surface area contributed by atoms with E-state index in [1.54, 1.807) is 6.21 Å². The van der Waals surface area contributed by atoms with E-state index in [1.807, 2.05) is 25.1 Å². The van der Waals surface area contributed by atoms with Crippen LogP contribution in [-0.2, 0) is 16.0 Å². The normalized spacial score (nSPS) is 18.1. The molecule has 0 spiro atoms. The Labute approximate surface area is 111 Å². The number of ether oxygens (including phenoxy) is 1. The molecule has 0 aliphatic carbocycles. The molecule has 1 aliphatic rings. The number of fused-ring (bicyclic) bond motifs is 3. The van der Waals surface area contributed by atoms with Gasteiger partial charge in [0.1, 0.15) is 5.92 Å². The smallest absolute Gasteiger partial charge is 0.320 e. The van der Waals surface area contributed by atoms with Gasteiger partial charge in [0.15, 0.2) is 0 Å². The van der Waals surface area contributed by atoms with Crippen LogP contribution in [0.5, 0.6) is 0 Å². The highest BCUT2D eigenvalue weighted by Gasteiger charge is 2.27. The van der Waals surface area contributed by atoms with Gasteiger partial charge in [0.25, 0.3) is 0 Å². The van der Waals surface area contributed by atoms with Crippen molar-refractivity contribution in [1.29, 1.82) is 0 Å². The van der Waals surface area contributed by atoms with E-state index in [1.165, 1.54) is 10.9 Å². The first-order chi connectivity index (χ1) is 9.31. The van der Waals surface area contributed by atoms with Crippen molar-refractivity contribution in [1.82, 2.24) is 4.98 Å². The maximum absolute atomic E-state index is 12.1. The van der Waals surface area contributed by atoms with Gasteiger partial charge in [-0.1, -0.05) is 18.2 Å². The number of aliphatic imine (C=N–C) groups is 1. The molecule has 98 valence electrons. The van der Waals surface area contributed by atoms with E-state index in [0.29, 0.717) is 13.2 Å². The molecule has 2 aromatic rings. The first-order valence-electron chi connectivity index (χ1n) is 6.57. The molecule has 2 heterocycles. The molecule has 0 saturated heterocycles. The van der Waals surface area contributed by atoms with Crippen LogP contribution in [0.1, 0.15) is 24.1 Å². The number of benzene rings is 1. The molecule has 3 rings (SSSR count). The van der Waals surface area contributed by atoms with E-state index in [-0.39, 0.29) is 5.97 Å². The van der Waals surface area contributed by atoms with Gasteiger partial charge in [-0.25, -0.2) is 0 Å². The first-order valence-corrected chi connectivity index (χ1v) is 6.57. The van der Waals surface area contributed by atoms with Gasteiger partial charge in [0.2, 0.25) is 0 Å². The molecule has 1 aliphatic heterocycles. The van der Waals surface area contributed by atoms with Gasteiger partial charge in [0, 0.05) is 29.4 Å². The molecule has 1 aromatic heterocycles. The number of hydrogen-bond donors (Lipinski definition) is 1. The number of H-pyrrole nitrogens is 1. The minimum Gasteiger partial charge on any atom is -0.465 e. The summed E-state index contributed by atoms with van der Waals surface area (Å²) >= 11 is 0. The van der Waals surface area contributed by atoms with Crippen LogP contribution in [0.3, 0.4) is 0 Å². The second-order valence-corrected chi connectivity index (χ2v) is 4.60. The van der Waals surface area contributed by atoms with Crippen LogP contribution < -0.4 is 0 Å². The van der Waals surface area contributed by atoms with Crippen molar-refractivity contribution in [2.75, 3.05) is 13.2 Å². The minimum atomic E-state index is -0.412. The van der Waals surface area contributed by atoms with E-state index >= 15 is 0 Å². The van der Waals surface area contributed by atoms with Gasteiger partial charge < -0.3 is 9.72 Å². The number of carbonyl (C=O) groups excluding carboxylic acids is 1. The van der Waals surface area contributed by atoms with Gasteiger partial charge in [-0.2, -0.15) is 0 Å². The molecule has 0 saturated carbocycles. The number of hydrogen-bond acceptors (Lipinski definition) is 3. The Balaban J connectivity index is 2.12. The molecule has 0 amide bonds. The largest absolute Gasteiger partial charge is 0.465 e. The van der Waals surface area contributed by atoms with Crippen LogP contribution in [-0.4, -0.2) is 30.3 Å². The second kappa shape index (κ2) is 4.88. The number of rotatable bonds is 2. The Kier molecular flexibility index (Phi) is 3.07. The van der Waals surface area contributed by atoms with E-state index in [0.717, 1.165) is 17.6 Å². The predicted molar refractivity (Wildman–Crippen MR) is 74.7 cm³/mol. The third kappa shape index (κ3) is 2.03. The zero-order valence-electron chi connectivity index (χ0n) is 10.8. The third-order valence-corrected chi connectivity index (χ3v) is 3.44. The minimum absolute atomic E-state index is 0.235. The molecule has 0 bridgehead atoms. The summed E-state index contributed by atoms with van der Waals surface area (Å²) in [6.07, 6.45) is 2.56. The lowest BCUT2D eigenvalue weighted by Crippen LogP contribution is -2.18. The number of carbonyl (C=O) groups is 1. The van der Waals surface area contributed by atoms with E-state index in [9.17, 15) is 4.79 Å². The summed E-state index contributed by atoms with van der Waals surface area (Å²) in [7, 11) is 0. The Morgan fingerprint density at radius 3 is 3.16 bits per heavy atom. The van der Waals surface area contributed by atoms with Crippen LogP contribution in [0.25, 0.3) is 10.9 Å². The maximum Gasteiger partial charge on any atom is 0.320 e. The average Bonchev–Trinajstić information content (AvgIpc) is 2.64. The van der Waals surface area contributed by atoms with Crippen LogP contribution in [0, 0.1) is 0 Å². The Hall–Kier alpha value is -2.10. The molecule has 1 unspecified atom stereocenters. The molecule has 19 heavy (non-hydrogen) atoms. The highest BCUT2D eigenvalue weighted by Crippen LogP contribution is 2.29. The van der Waals surface area contributed by atoms with Gasteiger partial charge in [-0.05, 0) is 25.0 Å². The predicted octanol–water partition coefficient (Wildman–Crippen LogP) is 2.44. The highest BCUT2D eigenvalue weighted by molar-refractivity contribution is 5.99. The Bertz CT molecular complexity index is 643. The fourth-order valence-electron chi connectivity index (χ4n) is 2.60. The van der Waals surface area contributed by atoms with Gasteiger partial charge in [-0.3, -0.25) is 9.79 Å². The third-order valence-electron chi connectivity index (χ3n) is 3.44. The topological polar surface area (TPSA) is 54.4 Å². The van der Waals surface area contributed by atoms with Gasteiger partial charge in [0.05, 0.1) is 6.61 Å². The summed E-state index contributed by atoms with van der Waals surface area (Å²) in [4.78, 5) is 19.7. The number of nitrogens with one attached hydrogen (secondary N) is 1. The van der Waals surface area contributed by atoms with Crippen LogP contribution in [0.15, 0.2) is 29.3 Å². The summed E-state index contributed by atoms with van der Waals surface area (Å²) in [5, 5.41) is 1.18. The number of esters is 1. The van der Waals surface area contributed by atoms with Crippen molar-refractivity contribution in [2.24, 2.45) is 4.99 Å². The zero-order valence-corrected chi connectivity index (χ0v) is 10.8. The molecule has 1 N–H and O–H groups in total. The van der Waals surface area contributed by atoms with Crippen LogP contribution in [0.2, 0.25) is 0 Å². The first kappa shape index (κ1) is 12.0. The second-order valence-electron chi connectivity index (χ2n) is 4.60. The molecular weight excluding hydrogens is 240 g/mol. The SMILES string of the molecule is CCOC(=O)C1C=NCCc2c1[nH]c1ccccc21. The number of nitrogens with zero attached hydrogens (tertiary/aromatic N) is 1. The molecule has 0 fully saturated rings. The van der Waals surface area contributed by atoms with E-state index < -0.39 is 5.92 Å². The lowest BCUT2D eigenvalue weighted by Gasteiger charge is -2.10. The lowest BCUT2D eigenvalue weighted by atomic mass is 10.0. The molecule has 1 atom stereocenters. The summed E-state index contributed by atoms with van der Waals surface area (Å²) in [6.45, 7) is 2.92. The van der Waals surface area contributed by atoms with Crippen LogP contribution >= 0.6 is 0 Å². The van der Waals surface area contributed by atoms with Crippen molar-refractivity contribution in [3.8, 4) is 0 Å². The molecule has 4 nitrogen and oxygen atoms in total. The van der Waals surface area contributed by atoms with Crippen molar-refractivity contribution in [2.45, 2.75) is 19.3 Å². The highest BCUT2D eigenvalue weighted by atomic mass is 16.5. The number of aromatic amines is 1. The summed E-state index contributed by atoms with van der Waals surface area (Å²) in [6, 6.07) is 8.12. The van der Waals surface area contributed by atoms with Crippen molar-refractivity contribution >= 4 is 23.1 Å². The van der Waals surface area contributed by atoms with Gasteiger partial charge >= 0.3 is 5.97 Å². The molecule has 0 radical (unpaired) electrons. The Morgan fingerprint density at radius 2 is 2.32 bits per heavy atom. The summed E-state index contributed by atoms with van der Waals surface area (Å²) < 4.78 is 5.14. The van der Waals surface area contributed by atoms with E-state index in [4.69, 9.17) is 4.74 Å². The Morgan fingerprint density at radius 1 is 1.47 bits per heavy atom.